The zero-order valence-corrected chi connectivity index (χ0v) is 17.7. The Bertz CT molecular complexity index is 1330. The summed E-state index contributed by atoms with van der Waals surface area (Å²) in [6, 6.07) is 19.1. The minimum absolute atomic E-state index is 0.154. The molecule has 1 N–H and O–H groups in total. The molecule has 3 heterocycles. The largest absolute Gasteiger partial charge is 0.459 e. The van der Waals surface area contributed by atoms with E-state index in [1.165, 1.54) is 6.26 Å². The monoisotopic (exact) mass is 425 g/mol. The number of aryl methyl sites for hydroxylation is 1. The summed E-state index contributed by atoms with van der Waals surface area (Å²) in [5.41, 5.74) is 4.17. The highest BCUT2D eigenvalue weighted by atomic mass is 16.3. The molecular formula is C26H23N3O3. The molecule has 2 aromatic heterocycles. The predicted molar refractivity (Wildman–Crippen MR) is 124 cm³/mol. The van der Waals surface area contributed by atoms with Crippen LogP contribution in [0.25, 0.3) is 17.0 Å². The van der Waals surface area contributed by atoms with E-state index >= 15 is 0 Å². The third-order valence-electron chi connectivity index (χ3n) is 5.82. The van der Waals surface area contributed by atoms with E-state index in [2.05, 4.69) is 22.9 Å². The summed E-state index contributed by atoms with van der Waals surface area (Å²) in [6.45, 7) is 3.45. The summed E-state index contributed by atoms with van der Waals surface area (Å²) in [7, 11) is 0. The van der Waals surface area contributed by atoms with E-state index < -0.39 is 5.91 Å². The highest BCUT2D eigenvalue weighted by molar-refractivity contribution is 6.13. The number of nitrogens with zero attached hydrogens (tertiary/aromatic N) is 2. The summed E-state index contributed by atoms with van der Waals surface area (Å²) in [5, 5.41) is 3.82. The highest BCUT2D eigenvalue weighted by Crippen LogP contribution is 2.29. The van der Waals surface area contributed by atoms with Gasteiger partial charge in [0.25, 0.3) is 11.8 Å². The molecule has 32 heavy (non-hydrogen) atoms. The van der Waals surface area contributed by atoms with E-state index in [1.807, 2.05) is 48.7 Å². The number of furan rings is 1. The molecule has 1 aliphatic rings. The van der Waals surface area contributed by atoms with Crippen molar-refractivity contribution >= 4 is 34.5 Å². The number of anilines is 1. The third-order valence-corrected chi connectivity index (χ3v) is 5.82. The number of carbonyl (C=O) groups is 2. The minimum atomic E-state index is -0.457. The van der Waals surface area contributed by atoms with Gasteiger partial charge in [-0.2, -0.15) is 0 Å². The van der Waals surface area contributed by atoms with E-state index in [4.69, 9.17) is 4.42 Å². The number of hydrogen-bond donors (Lipinski definition) is 1. The molecule has 4 aromatic rings. The van der Waals surface area contributed by atoms with Crippen LogP contribution in [0.4, 0.5) is 5.69 Å². The summed E-state index contributed by atoms with van der Waals surface area (Å²) < 4.78 is 7.36. The first-order valence-electron chi connectivity index (χ1n) is 10.7. The van der Waals surface area contributed by atoms with E-state index in [0.717, 1.165) is 40.7 Å². The van der Waals surface area contributed by atoms with Crippen molar-refractivity contribution in [2.75, 3.05) is 11.4 Å². The smallest absolute Gasteiger partial charge is 0.291 e. The number of amides is 2. The summed E-state index contributed by atoms with van der Waals surface area (Å²) in [5.74, 6) is -0.550. The molecule has 2 aromatic carbocycles. The molecule has 1 aliphatic heterocycles. The second-order valence-electron chi connectivity index (χ2n) is 7.71. The normalized spacial score (nSPS) is 13.4. The van der Waals surface area contributed by atoms with E-state index in [9.17, 15) is 9.59 Å². The molecule has 0 radical (unpaired) electrons. The van der Waals surface area contributed by atoms with Gasteiger partial charge < -0.3 is 19.2 Å². The number of aromatic nitrogens is 1. The molecule has 2 amide bonds. The molecule has 6 nitrogen and oxygen atoms in total. The molecule has 0 bridgehead atoms. The quantitative estimate of drug-likeness (QED) is 0.475. The summed E-state index contributed by atoms with van der Waals surface area (Å²) in [4.78, 5) is 28.1. The Hall–Kier alpha value is -4.06. The van der Waals surface area contributed by atoms with Gasteiger partial charge in [0.15, 0.2) is 5.76 Å². The van der Waals surface area contributed by atoms with Crippen LogP contribution in [0.5, 0.6) is 0 Å². The van der Waals surface area contributed by atoms with Gasteiger partial charge in [-0.15, -0.1) is 0 Å². The van der Waals surface area contributed by atoms with Crippen LogP contribution < -0.4 is 10.2 Å². The van der Waals surface area contributed by atoms with Crippen LogP contribution in [0.3, 0.4) is 0 Å². The van der Waals surface area contributed by atoms with Crippen LogP contribution in [-0.4, -0.2) is 22.9 Å². The van der Waals surface area contributed by atoms with Crippen LogP contribution in [0, 0.1) is 0 Å². The summed E-state index contributed by atoms with van der Waals surface area (Å²) in [6.07, 6.45) is 6.00. The van der Waals surface area contributed by atoms with Gasteiger partial charge in [0.05, 0.1) is 6.26 Å². The Morgan fingerprint density at radius 3 is 2.69 bits per heavy atom. The van der Waals surface area contributed by atoms with Crippen LogP contribution in [0.2, 0.25) is 0 Å². The lowest BCUT2D eigenvalue weighted by Crippen LogP contribution is -2.37. The maximum atomic E-state index is 13.6. The van der Waals surface area contributed by atoms with Gasteiger partial charge in [0, 0.05) is 41.4 Å². The first-order valence-corrected chi connectivity index (χ1v) is 10.7. The molecular weight excluding hydrogens is 402 g/mol. The molecule has 0 spiro atoms. The standard InChI is InChI=1S/C26H23N3O3/c1-2-28-17-19(20-9-4-6-11-23(20)28)16-21(27-25(30)24-12-7-15-32-24)26(31)29-14-13-18-8-3-5-10-22(18)29/h3-12,15-17H,2,13-14H2,1H3,(H,27,30)/b21-16-. The average molecular weight is 425 g/mol. The minimum Gasteiger partial charge on any atom is -0.459 e. The van der Waals surface area contributed by atoms with E-state index in [1.54, 1.807) is 23.1 Å². The van der Waals surface area contributed by atoms with E-state index in [0.29, 0.717) is 6.54 Å². The second kappa shape index (κ2) is 8.23. The zero-order chi connectivity index (χ0) is 22.1. The van der Waals surface area contributed by atoms with Gasteiger partial charge >= 0.3 is 0 Å². The van der Waals surface area contributed by atoms with Crippen molar-refractivity contribution in [1.82, 2.24) is 9.88 Å². The molecule has 0 unspecified atom stereocenters. The average Bonchev–Trinajstić information content (AvgIpc) is 3.57. The lowest BCUT2D eigenvalue weighted by atomic mass is 10.1. The SMILES string of the molecule is CCn1cc(/C=C(\NC(=O)c2ccco2)C(=O)N2CCc3ccccc32)c2ccccc21. The van der Waals surface area contributed by atoms with Crippen molar-refractivity contribution in [2.45, 2.75) is 19.9 Å². The van der Waals surface area contributed by atoms with Gasteiger partial charge in [0.1, 0.15) is 5.70 Å². The number of rotatable bonds is 5. The molecule has 0 atom stereocenters. The Balaban J connectivity index is 1.58. The van der Waals surface area contributed by atoms with Gasteiger partial charge in [-0.05, 0) is 49.2 Å². The van der Waals surface area contributed by atoms with Crippen molar-refractivity contribution in [1.29, 1.82) is 0 Å². The summed E-state index contributed by atoms with van der Waals surface area (Å²) >= 11 is 0. The fourth-order valence-electron chi connectivity index (χ4n) is 4.24. The van der Waals surface area contributed by atoms with Crippen LogP contribution in [0.15, 0.2) is 83.2 Å². The maximum absolute atomic E-state index is 13.6. The second-order valence-corrected chi connectivity index (χ2v) is 7.71. The Labute approximate surface area is 185 Å². The van der Waals surface area contributed by atoms with Crippen LogP contribution >= 0.6 is 0 Å². The Morgan fingerprint density at radius 1 is 1.06 bits per heavy atom. The maximum Gasteiger partial charge on any atom is 0.291 e. The highest BCUT2D eigenvalue weighted by Gasteiger charge is 2.28. The first kappa shape index (κ1) is 19.9. The van der Waals surface area contributed by atoms with Crippen LogP contribution in [-0.2, 0) is 17.8 Å². The molecule has 160 valence electrons. The molecule has 5 rings (SSSR count). The topological polar surface area (TPSA) is 67.5 Å². The van der Waals surface area contributed by atoms with Gasteiger partial charge in [-0.3, -0.25) is 9.59 Å². The number of fused-ring (bicyclic) bond motifs is 2. The molecule has 6 heteroatoms. The van der Waals surface area contributed by atoms with Crippen molar-refractivity contribution in [3.63, 3.8) is 0 Å². The number of nitrogens with one attached hydrogen (secondary N) is 1. The first-order chi connectivity index (χ1) is 15.7. The number of para-hydroxylation sites is 2. The van der Waals surface area contributed by atoms with Crippen molar-refractivity contribution in [3.8, 4) is 0 Å². The Morgan fingerprint density at radius 2 is 1.88 bits per heavy atom. The fraction of sp³-hybridized carbons (Fsp3) is 0.154. The van der Waals surface area contributed by atoms with Gasteiger partial charge in [-0.1, -0.05) is 36.4 Å². The number of hydrogen-bond acceptors (Lipinski definition) is 3. The fourth-order valence-corrected chi connectivity index (χ4v) is 4.24. The van der Waals surface area contributed by atoms with Crippen molar-refractivity contribution in [3.05, 3.63) is 95.7 Å². The Kier molecular flexibility index (Phi) is 5.11. The van der Waals surface area contributed by atoms with Gasteiger partial charge in [0.2, 0.25) is 0 Å². The third kappa shape index (κ3) is 3.50. The van der Waals surface area contributed by atoms with Crippen LogP contribution in [0.1, 0.15) is 28.6 Å². The molecule has 0 fully saturated rings. The lowest BCUT2D eigenvalue weighted by molar-refractivity contribution is -0.115. The molecule has 0 saturated heterocycles. The zero-order valence-electron chi connectivity index (χ0n) is 17.7. The van der Waals surface area contributed by atoms with Gasteiger partial charge in [-0.25, -0.2) is 0 Å². The number of carbonyl (C=O) groups excluding carboxylic acids is 2. The van der Waals surface area contributed by atoms with Crippen molar-refractivity contribution < 1.29 is 14.0 Å². The van der Waals surface area contributed by atoms with Crippen molar-refractivity contribution in [2.24, 2.45) is 0 Å². The van der Waals surface area contributed by atoms with E-state index in [-0.39, 0.29) is 17.4 Å². The number of benzene rings is 2. The molecule has 0 aliphatic carbocycles. The molecule has 0 saturated carbocycles. The lowest BCUT2D eigenvalue weighted by Gasteiger charge is -2.19. The predicted octanol–water partition coefficient (Wildman–Crippen LogP) is 4.61.